The van der Waals surface area contributed by atoms with Gasteiger partial charge in [0.05, 0.1) is 5.56 Å². The van der Waals surface area contributed by atoms with E-state index in [9.17, 15) is 14.3 Å². The maximum Gasteiger partial charge on any atom is 0.254 e. The number of phenols is 1. The van der Waals surface area contributed by atoms with E-state index in [-0.39, 0.29) is 17.9 Å². The second-order valence-corrected chi connectivity index (χ2v) is 4.89. The molecule has 0 saturated carbocycles. The van der Waals surface area contributed by atoms with Gasteiger partial charge in [-0.3, -0.25) is 4.79 Å². The molecule has 2 aromatic rings. The Bertz CT molecular complexity index is 616. The first-order valence-electron chi connectivity index (χ1n) is 5.57. The van der Waals surface area contributed by atoms with Crippen molar-refractivity contribution in [2.24, 2.45) is 0 Å². The van der Waals surface area contributed by atoms with Crippen molar-refractivity contribution >= 4 is 21.8 Å². The molecule has 5 heteroatoms. The van der Waals surface area contributed by atoms with Crippen molar-refractivity contribution in [3.8, 4) is 5.75 Å². The number of halogens is 2. The minimum Gasteiger partial charge on any atom is -0.508 e. The Morgan fingerprint density at radius 2 is 2.05 bits per heavy atom. The summed E-state index contributed by atoms with van der Waals surface area (Å²) in [6, 6.07) is 10.8. The molecule has 98 valence electrons. The van der Waals surface area contributed by atoms with E-state index >= 15 is 0 Å². The lowest BCUT2D eigenvalue weighted by Crippen LogP contribution is -2.23. The highest BCUT2D eigenvalue weighted by molar-refractivity contribution is 9.10. The molecule has 0 fully saturated rings. The number of phenolic OH excluding ortho intramolecular Hbond substituents is 1. The Morgan fingerprint density at radius 1 is 1.26 bits per heavy atom. The quantitative estimate of drug-likeness (QED) is 0.911. The molecule has 0 aliphatic rings. The summed E-state index contributed by atoms with van der Waals surface area (Å²) in [6.45, 7) is 0.225. The van der Waals surface area contributed by atoms with Gasteiger partial charge in [-0.25, -0.2) is 4.39 Å². The number of rotatable bonds is 3. The number of nitrogens with one attached hydrogen (secondary N) is 1. The Hall–Kier alpha value is -1.88. The van der Waals surface area contributed by atoms with Gasteiger partial charge in [0.15, 0.2) is 0 Å². The van der Waals surface area contributed by atoms with E-state index in [2.05, 4.69) is 21.2 Å². The molecule has 2 rings (SSSR count). The summed E-state index contributed by atoms with van der Waals surface area (Å²) >= 11 is 3.13. The van der Waals surface area contributed by atoms with Crippen LogP contribution in [-0.4, -0.2) is 11.0 Å². The van der Waals surface area contributed by atoms with E-state index in [0.717, 1.165) is 5.56 Å². The molecule has 1 amide bonds. The SMILES string of the molecule is O=C(NCc1cccc(O)c1)c1ccc(Br)cc1F. The number of aromatic hydroxyl groups is 1. The van der Waals surface area contributed by atoms with Crippen molar-refractivity contribution in [3.63, 3.8) is 0 Å². The van der Waals surface area contributed by atoms with Gasteiger partial charge in [0.2, 0.25) is 0 Å². The monoisotopic (exact) mass is 323 g/mol. The van der Waals surface area contributed by atoms with Crippen LogP contribution in [0, 0.1) is 5.82 Å². The number of carbonyl (C=O) groups excluding carboxylic acids is 1. The molecule has 0 heterocycles. The topological polar surface area (TPSA) is 49.3 Å². The molecule has 2 aromatic carbocycles. The first-order chi connectivity index (χ1) is 9.06. The van der Waals surface area contributed by atoms with Gasteiger partial charge in [0.1, 0.15) is 11.6 Å². The van der Waals surface area contributed by atoms with E-state index in [1.54, 1.807) is 24.3 Å². The number of hydrogen-bond donors (Lipinski definition) is 2. The van der Waals surface area contributed by atoms with Crippen LogP contribution < -0.4 is 5.32 Å². The standard InChI is InChI=1S/C14H11BrFNO2/c15-10-4-5-12(13(16)7-10)14(19)17-8-9-2-1-3-11(18)6-9/h1-7,18H,8H2,(H,17,19). The van der Waals surface area contributed by atoms with Crippen LogP contribution in [0.5, 0.6) is 5.75 Å². The van der Waals surface area contributed by atoms with Crippen LogP contribution in [-0.2, 0) is 6.54 Å². The summed E-state index contributed by atoms with van der Waals surface area (Å²) in [5, 5.41) is 11.9. The maximum atomic E-state index is 13.6. The summed E-state index contributed by atoms with van der Waals surface area (Å²) in [5.41, 5.74) is 0.731. The lowest BCUT2D eigenvalue weighted by atomic mass is 10.2. The molecule has 0 aliphatic carbocycles. The Kier molecular flexibility index (Phi) is 4.16. The summed E-state index contributed by atoms with van der Waals surface area (Å²) in [7, 11) is 0. The predicted molar refractivity (Wildman–Crippen MR) is 73.4 cm³/mol. The van der Waals surface area contributed by atoms with Crippen molar-refractivity contribution in [1.29, 1.82) is 0 Å². The first-order valence-corrected chi connectivity index (χ1v) is 6.37. The van der Waals surface area contributed by atoms with Crippen molar-refractivity contribution in [2.75, 3.05) is 0 Å². The second-order valence-electron chi connectivity index (χ2n) is 3.98. The van der Waals surface area contributed by atoms with Gasteiger partial charge in [-0.1, -0.05) is 28.1 Å². The van der Waals surface area contributed by atoms with Gasteiger partial charge in [-0.2, -0.15) is 0 Å². The van der Waals surface area contributed by atoms with Crippen LogP contribution in [0.2, 0.25) is 0 Å². The molecular weight excluding hydrogens is 313 g/mol. The molecule has 0 aliphatic heterocycles. The van der Waals surface area contributed by atoms with Gasteiger partial charge in [-0.15, -0.1) is 0 Å². The average molecular weight is 324 g/mol. The summed E-state index contributed by atoms with van der Waals surface area (Å²) in [4.78, 5) is 11.8. The molecule has 0 aromatic heterocycles. The third-order valence-electron chi connectivity index (χ3n) is 2.54. The van der Waals surface area contributed by atoms with Crippen LogP contribution in [0.1, 0.15) is 15.9 Å². The van der Waals surface area contributed by atoms with E-state index < -0.39 is 11.7 Å². The smallest absolute Gasteiger partial charge is 0.254 e. The summed E-state index contributed by atoms with van der Waals surface area (Å²) < 4.78 is 14.1. The predicted octanol–water partition coefficient (Wildman–Crippen LogP) is 3.22. The normalized spacial score (nSPS) is 10.2. The van der Waals surface area contributed by atoms with Crippen molar-refractivity contribution < 1.29 is 14.3 Å². The van der Waals surface area contributed by atoms with Crippen LogP contribution in [0.25, 0.3) is 0 Å². The molecular formula is C14H11BrFNO2. The van der Waals surface area contributed by atoms with E-state index in [4.69, 9.17) is 0 Å². The fourth-order valence-corrected chi connectivity index (χ4v) is 1.95. The van der Waals surface area contributed by atoms with Gasteiger partial charge < -0.3 is 10.4 Å². The third kappa shape index (κ3) is 3.54. The molecule has 0 saturated heterocycles. The number of amides is 1. The Balaban J connectivity index is 2.05. The fourth-order valence-electron chi connectivity index (χ4n) is 1.62. The number of hydrogen-bond acceptors (Lipinski definition) is 2. The van der Waals surface area contributed by atoms with Crippen molar-refractivity contribution in [3.05, 3.63) is 63.9 Å². The van der Waals surface area contributed by atoms with Gasteiger partial charge >= 0.3 is 0 Å². The number of benzene rings is 2. The van der Waals surface area contributed by atoms with Gasteiger partial charge in [0, 0.05) is 11.0 Å². The average Bonchev–Trinajstić information content (AvgIpc) is 2.36. The lowest BCUT2D eigenvalue weighted by Gasteiger charge is -2.07. The molecule has 0 bridgehead atoms. The molecule has 0 radical (unpaired) electrons. The summed E-state index contributed by atoms with van der Waals surface area (Å²) in [6.07, 6.45) is 0. The van der Waals surface area contributed by atoms with Gasteiger partial charge in [-0.05, 0) is 35.9 Å². The minimum atomic E-state index is -0.581. The van der Waals surface area contributed by atoms with Crippen molar-refractivity contribution in [2.45, 2.75) is 6.54 Å². The van der Waals surface area contributed by atoms with E-state index in [1.165, 1.54) is 18.2 Å². The zero-order valence-corrected chi connectivity index (χ0v) is 11.4. The summed E-state index contributed by atoms with van der Waals surface area (Å²) in [5.74, 6) is -0.947. The van der Waals surface area contributed by atoms with Crippen LogP contribution in [0.15, 0.2) is 46.9 Å². The largest absolute Gasteiger partial charge is 0.508 e. The highest BCUT2D eigenvalue weighted by Crippen LogP contribution is 2.15. The van der Waals surface area contributed by atoms with E-state index in [1.807, 2.05) is 0 Å². The maximum absolute atomic E-state index is 13.6. The second kappa shape index (κ2) is 5.84. The van der Waals surface area contributed by atoms with Crippen LogP contribution >= 0.6 is 15.9 Å². The molecule has 3 nitrogen and oxygen atoms in total. The Morgan fingerprint density at radius 3 is 2.74 bits per heavy atom. The molecule has 0 spiro atoms. The lowest BCUT2D eigenvalue weighted by molar-refractivity contribution is 0.0947. The fraction of sp³-hybridized carbons (Fsp3) is 0.0714. The molecule has 2 N–H and O–H groups in total. The van der Waals surface area contributed by atoms with Gasteiger partial charge in [0.25, 0.3) is 5.91 Å². The highest BCUT2D eigenvalue weighted by atomic mass is 79.9. The molecule has 0 atom stereocenters. The zero-order valence-electron chi connectivity index (χ0n) is 9.86. The number of carbonyl (C=O) groups is 1. The molecule has 19 heavy (non-hydrogen) atoms. The third-order valence-corrected chi connectivity index (χ3v) is 3.03. The van der Waals surface area contributed by atoms with E-state index in [0.29, 0.717) is 4.47 Å². The minimum absolute atomic E-state index is 0.0108. The zero-order chi connectivity index (χ0) is 13.8. The Labute approximate surface area is 118 Å². The van der Waals surface area contributed by atoms with Crippen LogP contribution in [0.4, 0.5) is 4.39 Å². The molecule has 0 unspecified atom stereocenters. The first kappa shape index (κ1) is 13.5. The highest BCUT2D eigenvalue weighted by Gasteiger charge is 2.11. The van der Waals surface area contributed by atoms with Crippen molar-refractivity contribution in [1.82, 2.24) is 5.32 Å². The van der Waals surface area contributed by atoms with Crippen LogP contribution in [0.3, 0.4) is 0 Å².